The normalized spacial score (nSPS) is 12.4. The maximum atomic E-state index is 12.1. The van der Waals surface area contributed by atoms with Crippen LogP contribution in [-0.2, 0) is 17.9 Å². The van der Waals surface area contributed by atoms with Crippen molar-refractivity contribution in [3.8, 4) is 0 Å². The third-order valence-electron chi connectivity index (χ3n) is 3.29. The first-order valence-corrected chi connectivity index (χ1v) is 6.96. The van der Waals surface area contributed by atoms with Crippen LogP contribution in [0, 0.1) is 5.92 Å². The second-order valence-electron chi connectivity index (χ2n) is 5.32. The van der Waals surface area contributed by atoms with Crippen molar-refractivity contribution in [3.63, 3.8) is 0 Å². The Balaban J connectivity index is 2.92. The van der Waals surface area contributed by atoms with E-state index >= 15 is 0 Å². The molecule has 1 N–H and O–H groups in total. The molecule has 6 heteroatoms. The fourth-order valence-electron chi connectivity index (χ4n) is 1.72. The number of rotatable bonds is 6. The van der Waals surface area contributed by atoms with Gasteiger partial charge in [0.25, 0.3) is 5.56 Å². The Morgan fingerprint density at radius 3 is 2.50 bits per heavy atom. The SMILES string of the molecule is CCCn1ccc(=O)n(CC(=O)NC(C)C(C)C)c1=O. The third kappa shape index (κ3) is 4.08. The molecule has 0 saturated carbocycles. The Morgan fingerprint density at radius 1 is 1.30 bits per heavy atom. The van der Waals surface area contributed by atoms with E-state index in [4.69, 9.17) is 0 Å². The fourth-order valence-corrected chi connectivity index (χ4v) is 1.72. The Bertz CT molecular complexity index is 572. The van der Waals surface area contributed by atoms with Gasteiger partial charge < -0.3 is 9.88 Å². The number of hydrogen-bond donors (Lipinski definition) is 1. The maximum absolute atomic E-state index is 12.1. The van der Waals surface area contributed by atoms with Gasteiger partial charge in [-0.1, -0.05) is 20.8 Å². The van der Waals surface area contributed by atoms with E-state index < -0.39 is 11.2 Å². The molecule has 1 rings (SSSR count). The lowest BCUT2D eigenvalue weighted by molar-refractivity contribution is -0.122. The first kappa shape index (κ1) is 16.2. The molecule has 0 aliphatic rings. The van der Waals surface area contributed by atoms with Crippen LogP contribution in [0.1, 0.15) is 34.1 Å². The number of amides is 1. The average molecular weight is 281 g/mol. The smallest absolute Gasteiger partial charge is 0.331 e. The number of nitrogens with one attached hydrogen (secondary N) is 1. The summed E-state index contributed by atoms with van der Waals surface area (Å²) in [6.07, 6.45) is 2.26. The molecule has 20 heavy (non-hydrogen) atoms. The average Bonchev–Trinajstić information content (AvgIpc) is 2.38. The highest BCUT2D eigenvalue weighted by Crippen LogP contribution is 1.99. The number of nitrogens with zero attached hydrogens (tertiary/aromatic N) is 2. The summed E-state index contributed by atoms with van der Waals surface area (Å²) in [6, 6.07) is 1.32. The van der Waals surface area contributed by atoms with Crippen LogP contribution in [0.25, 0.3) is 0 Å². The van der Waals surface area contributed by atoms with Crippen LogP contribution in [-0.4, -0.2) is 21.1 Å². The number of carbonyl (C=O) groups excluding carboxylic acids is 1. The summed E-state index contributed by atoms with van der Waals surface area (Å²) in [4.78, 5) is 35.7. The van der Waals surface area contributed by atoms with Gasteiger partial charge in [0.2, 0.25) is 5.91 Å². The van der Waals surface area contributed by atoms with E-state index in [9.17, 15) is 14.4 Å². The molecule has 1 atom stereocenters. The maximum Gasteiger partial charge on any atom is 0.331 e. The molecule has 0 fully saturated rings. The van der Waals surface area contributed by atoms with Gasteiger partial charge in [0.1, 0.15) is 6.54 Å². The molecule has 0 aliphatic heterocycles. The van der Waals surface area contributed by atoms with Crippen LogP contribution in [0.15, 0.2) is 21.9 Å². The summed E-state index contributed by atoms with van der Waals surface area (Å²) in [5.74, 6) is -0.0251. The molecule has 1 aromatic rings. The highest BCUT2D eigenvalue weighted by molar-refractivity contribution is 5.76. The standard InChI is InChI=1S/C14H23N3O3/c1-5-7-16-8-6-13(19)17(14(16)20)9-12(18)15-11(4)10(2)3/h6,8,10-11H,5,7,9H2,1-4H3,(H,15,18). The van der Waals surface area contributed by atoms with Gasteiger partial charge in [0.15, 0.2) is 0 Å². The minimum Gasteiger partial charge on any atom is -0.352 e. The topological polar surface area (TPSA) is 73.1 Å². The quantitative estimate of drug-likeness (QED) is 0.829. The molecule has 0 spiro atoms. The molecule has 0 aromatic carbocycles. The van der Waals surface area contributed by atoms with Gasteiger partial charge in [-0.25, -0.2) is 4.79 Å². The van der Waals surface area contributed by atoms with Crippen molar-refractivity contribution < 1.29 is 4.79 Å². The first-order valence-electron chi connectivity index (χ1n) is 6.96. The Labute approximate surface area is 118 Å². The minimum atomic E-state index is -0.449. The minimum absolute atomic E-state index is 0.000202. The summed E-state index contributed by atoms with van der Waals surface area (Å²) in [5.41, 5.74) is -0.888. The van der Waals surface area contributed by atoms with E-state index in [2.05, 4.69) is 5.32 Å². The van der Waals surface area contributed by atoms with Crippen LogP contribution >= 0.6 is 0 Å². The lowest BCUT2D eigenvalue weighted by Crippen LogP contribution is -2.45. The summed E-state index contributed by atoms with van der Waals surface area (Å²) in [5, 5.41) is 2.79. The first-order chi connectivity index (χ1) is 9.36. The van der Waals surface area contributed by atoms with Crippen LogP contribution in [0.3, 0.4) is 0 Å². The van der Waals surface area contributed by atoms with Gasteiger partial charge in [-0.3, -0.25) is 14.2 Å². The number of aryl methyl sites for hydroxylation is 1. The molecular formula is C14H23N3O3. The van der Waals surface area contributed by atoms with Crippen molar-refractivity contribution in [2.45, 2.75) is 53.2 Å². The summed E-state index contributed by atoms with van der Waals surface area (Å²) in [7, 11) is 0. The zero-order chi connectivity index (χ0) is 15.3. The Kier molecular flexibility index (Phi) is 5.73. The van der Waals surface area contributed by atoms with E-state index in [-0.39, 0.29) is 18.5 Å². The molecule has 6 nitrogen and oxygen atoms in total. The zero-order valence-electron chi connectivity index (χ0n) is 12.5. The van der Waals surface area contributed by atoms with Crippen LogP contribution in [0.5, 0.6) is 0 Å². The molecule has 0 radical (unpaired) electrons. The van der Waals surface area contributed by atoms with Crippen molar-refractivity contribution in [2.24, 2.45) is 5.92 Å². The molecule has 1 heterocycles. The van der Waals surface area contributed by atoms with E-state index in [1.54, 1.807) is 0 Å². The molecule has 1 unspecified atom stereocenters. The van der Waals surface area contributed by atoms with Crippen molar-refractivity contribution in [1.29, 1.82) is 0 Å². The van der Waals surface area contributed by atoms with Crippen molar-refractivity contribution >= 4 is 5.91 Å². The van der Waals surface area contributed by atoms with Gasteiger partial charge in [-0.05, 0) is 19.3 Å². The third-order valence-corrected chi connectivity index (χ3v) is 3.29. The molecule has 1 aromatic heterocycles. The monoisotopic (exact) mass is 281 g/mol. The van der Waals surface area contributed by atoms with E-state index in [1.807, 2.05) is 27.7 Å². The van der Waals surface area contributed by atoms with Gasteiger partial charge in [0, 0.05) is 24.8 Å². The largest absolute Gasteiger partial charge is 0.352 e. The van der Waals surface area contributed by atoms with E-state index in [0.717, 1.165) is 11.0 Å². The Hall–Kier alpha value is -1.85. The van der Waals surface area contributed by atoms with Crippen molar-refractivity contribution in [2.75, 3.05) is 0 Å². The molecule has 0 aliphatic carbocycles. The number of carbonyl (C=O) groups is 1. The lowest BCUT2D eigenvalue weighted by Gasteiger charge is -2.17. The molecular weight excluding hydrogens is 258 g/mol. The van der Waals surface area contributed by atoms with Crippen molar-refractivity contribution in [3.05, 3.63) is 33.1 Å². The molecule has 0 bridgehead atoms. The predicted molar refractivity (Wildman–Crippen MR) is 77.7 cm³/mol. The highest BCUT2D eigenvalue weighted by Gasteiger charge is 2.13. The van der Waals surface area contributed by atoms with Gasteiger partial charge >= 0.3 is 5.69 Å². The number of aromatic nitrogens is 2. The van der Waals surface area contributed by atoms with Crippen molar-refractivity contribution in [1.82, 2.24) is 14.5 Å². The van der Waals surface area contributed by atoms with E-state index in [0.29, 0.717) is 12.5 Å². The predicted octanol–water partition coefficient (Wildman–Crippen LogP) is 0.581. The van der Waals surface area contributed by atoms with Crippen LogP contribution < -0.4 is 16.6 Å². The zero-order valence-corrected chi connectivity index (χ0v) is 12.5. The second-order valence-corrected chi connectivity index (χ2v) is 5.32. The highest BCUT2D eigenvalue weighted by atomic mass is 16.2. The van der Waals surface area contributed by atoms with Gasteiger partial charge in [0.05, 0.1) is 0 Å². The van der Waals surface area contributed by atoms with E-state index in [1.165, 1.54) is 16.8 Å². The fraction of sp³-hybridized carbons (Fsp3) is 0.643. The Morgan fingerprint density at radius 2 is 1.95 bits per heavy atom. The van der Waals surface area contributed by atoms with Gasteiger partial charge in [-0.15, -0.1) is 0 Å². The summed E-state index contributed by atoms with van der Waals surface area (Å²) in [6.45, 7) is 8.12. The molecule has 1 amide bonds. The summed E-state index contributed by atoms with van der Waals surface area (Å²) >= 11 is 0. The molecule has 0 saturated heterocycles. The van der Waals surface area contributed by atoms with Crippen LogP contribution in [0.4, 0.5) is 0 Å². The second kappa shape index (κ2) is 7.07. The molecule has 112 valence electrons. The summed E-state index contributed by atoms with van der Waals surface area (Å²) < 4.78 is 2.42. The van der Waals surface area contributed by atoms with Gasteiger partial charge in [-0.2, -0.15) is 0 Å². The lowest BCUT2D eigenvalue weighted by atomic mass is 10.1. The number of hydrogen-bond acceptors (Lipinski definition) is 3. The van der Waals surface area contributed by atoms with Crippen LogP contribution in [0.2, 0.25) is 0 Å².